The Kier molecular flexibility index (Phi) is 4.66. The van der Waals surface area contributed by atoms with Crippen molar-refractivity contribution in [3.63, 3.8) is 0 Å². The van der Waals surface area contributed by atoms with E-state index in [0.29, 0.717) is 23.9 Å². The number of amides is 1. The fourth-order valence-electron chi connectivity index (χ4n) is 2.85. The first-order valence-electron chi connectivity index (χ1n) is 7.61. The van der Waals surface area contributed by atoms with Gasteiger partial charge in [0.05, 0.1) is 23.1 Å². The van der Waals surface area contributed by atoms with Gasteiger partial charge in [0.25, 0.3) is 5.56 Å². The van der Waals surface area contributed by atoms with Crippen LogP contribution in [0.5, 0.6) is 0 Å². The molecule has 0 bridgehead atoms. The highest BCUT2D eigenvalue weighted by molar-refractivity contribution is 9.10. The van der Waals surface area contributed by atoms with Gasteiger partial charge in [-0.25, -0.2) is 4.98 Å². The van der Waals surface area contributed by atoms with E-state index in [2.05, 4.69) is 20.9 Å². The number of aryl methyl sites for hydroxylation is 1. The smallest absolute Gasteiger partial charge is 0.308 e. The number of carboxylic acids is 1. The highest BCUT2D eigenvalue weighted by Crippen LogP contribution is 2.18. The number of carbonyl (C=O) groups is 2. The number of aliphatic carboxylic acids is 1. The minimum Gasteiger partial charge on any atom is -0.481 e. The van der Waals surface area contributed by atoms with Gasteiger partial charge in [0.2, 0.25) is 5.91 Å². The summed E-state index contributed by atoms with van der Waals surface area (Å²) >= 11 is 3.33. The van der Waals surface area contributed by atoms with E-state index in [1.165, 1.54) is 10.9 Å². The Balaban J connectivity index is 1.70. The molecule has 1 aliphatic heterocycles. The van der Waals surface area contributed by atoms with E-state index in [9.17, 15) is 14.4 Å². The number of rotatable bonds is 4. The molecule has 1 aliphatic rings. The zero-order chi connectivity index (χ0) is 17.3. The Morgan fingerprint density at radius 3 is 2.88 bits per heavy atom. The molecule has 0 spiro atoms. The van der Waals surface area contributed by atoms with Crippen LogP contribution in [0.3, 0.4) is 0 Å². The summed E-state index contributed by atoms with van der Waals surface area (Å²) in [7, 11) is 0. The van der Waals surface area contributed by atoms with Gasteiger partial charge in [0.1, 0.15) is 0 Å². The molecule has 1 fully saturated rings. The van der Waals surface area contributed by atoms with Crippen molar-refractivity contribution in [3.8, 4) is 0 Å². The van der Waals surface area contributed by atoms with Gasteiger partial charge in [-0.15, -0.1) is 0 Å². The van der Waals surface area contributed by atoms with Crippen LogP contribution >= 0.6 is 15.9 Å². The van der Waals surface area contributed by atoms with Gasteiger partial charge in [-0.05, 0) is 24.6 Å². The van der Waals surface area contributed by atoms with Gasteiger partial charge in [0, 0.05) is 30.5 Å². The maximum atomic E-state index is 12.5. The van der Waals surface area contributed by atoms with E-state index in [4.69, 9.17) is 5.11 Å². The molecule has 3 rings (SSSR count). The van der Waals surface area contributed by atoms with Crippen LogP contribution in [-0.2, 0) is 16.1 Å². The third kappa shape index (κ3) is 3.33. The standard InChI is InChI=1S/C16H16BrN3O4/c17-11-1-2-13-12(7-11)15(22)20(9-18-13)6-4-14(21)19-5-3-10(8-19)16(23)24/h1-2,7,9-10H,3-6,8H2,(H,23,24). The Morgan fingerprint density at radius 1 is 1.38 bits per heavy atom. The lowest BCUT2D eigenvalue weighted by molar-refractivity contribution is -0.141. The summed E-state index contributed by atoms with van der Waals surface area (Å²) in [5.41, 5.74) is 0.411. The van der Waals surface area contributed by atoms with Crippen LogP contribution in [0.2, 0.25) is 0 Å². The molecule has 1 aromatic heterocycles. The third-order valence-electron chi connectivity index (χ3n) is 4.24. The number of likely N-dealkylation sites (tertiary alicyclic amines) is 1. The summed E-state index contributed by atoms with van der Waals surface area (Å²) in [5, 5.41) is 9.48. The Hall–Kier alpha value is -2.22. The van der Waals surface area contributed by atoms with E-state index < -0.39 is 11.9 Å². The average Bonchev–Trinajstić information content (AvgIpc) is 3.05. The number of fused-ring (bicyclic) bond motifs is 1. The second-order valence-corrected chi connectivity index (χ2v) is 6.73. The molecular formula is C16H16BrN3O4. The molecule has 8 heteroatoms. The van der Waals surface area contributed by atoms with E-state index in [1.807, 2.05) is 6.07 Å². The lowest BCUT2D eigenvalue weighted by Gasteiger charge is -2.16. The fourth-order valence-corrected chi connectivity index (χ4v) is 3.21. The molecule has 2 heterocycles. The third-order valence-corrected chi connectivity index (χ3v) is 4.74. The Bertz CT molecular complexity index is 864. The van der Waals surface area contributed by atoms with Gasteiger partial charge in [-0.1, -0.05) is 15.9 Å². The topological polar surface area (TPSA) is 92.5 Å². The van der Waals surface area contributed by atoms with E-state index in [0.717, 1.165) is 4.47 Å². The van der Waals surface area contributed by atoms with Crippen molar-refractivity contribution in [2.45, 2.75) is 19.4 Å². The van der Waals surface area contributed by atoms with Crippen molar-refractivity contribution < 1.29 is 14.7 Å². The summed E-state index contributed by atoms with van der Waals surface area (Å²) in [5.74, 6) is -1.50. The molecule has 0 radical (unpaired) electrons. The number of hydrogen-bond acceptors (Lipinski definition) is 4. The van der Waals surface area contributed by atoms with E-state index in [-0.39, 0.29) is 31.0 Å². The Labute approximate surface area is 146 Å². The van der Waals surface area contributed by atoms with Crippen molar-refractivity contribution in [1.29, 1.82) is 0 Å². The number of aromatic nitrogens is 2. The van der Waals surface area contributed by atoms with Crippen LogP contribution in [0.15, 0.2) is 33.8 Å². The zero-order valence-corrected chi connectivity index (χ0v) is 14.4. The number of benzene rings is 1. The predicted octanol–water partition coefficient (Wildman–Crippen LogP) is 1.48. The number of carbonyl (C=O) groups excluding carboxylic acids is 1. The average molecular weight is 394 g/mol. The summed E-state index contributed by atoms with van der Waals surface area (Å²) in [6.07, 6.45) is 2.07. The zero-order valence-electron chi connectivity index (χ0n) is 12.8. The molecule has 1 saturated heterocycles. The highest BCUT2D eigenvalue weighted by atomic mass is 79.9. The van der Waals surface area contributed by atoms with Gasteiger partial charge in [-0.2, -0.15) is 0 Å². The second kappa shape index (κ2) is 6.72. The molecule has 0 aliphatic carbocycles. The maximum absolute atomic E-state index is 12.5. The van der Waals surface area contributed by atoms with Crippen molar-refractivity contribution in [3.05, 3.63) is 39.4 Å². The maximum Gasteiger partial charge on any atom is 0.308 e. The monoisotopic (exact) mass is 393 g/mol. The minimum absolute atomic E-state index is 0.139. The number of nitrogens with zero attached hydrogens (tertiary/aromatic N) is 3. The van der Waals surface area contributed by atoms with Crippen molar-refractivity contribution in [2.75, 3.05) is 13.1 Å². The summed E-state index contributed by atoms with van der Waals surface area (Å²) < 4.78 is 2.21. The fraction of sp³-hybridized carbons (Fsp3) is 0.375. The molecule has 126 valence electrons. The lowest BCUT2D eigenvalue weighted by atomic mass is 10.1. The van der Waals surface area contributed by atoms with Gasteiger partial charge in [-0.3, -0.25) is 19.0 Å². The highest BCUT2D eigenvalue weighted by Gasteiger charge is 2.30. The molecule has 1 aromatic carbocycles. The number of carboxylic acid groups (broad SMARTS) is 1. The van der Waals surface area contributed by atoms with Gasteiger partial charge < -0.3 is 10.0 Å². The van der Waals surface area contributed by atoms with E-state index in [1.54, 1.807) is 17.0 Å². The predicted molar refractivity (Wildman–Crippen MR) is 90.6 cm³/mol. The SMILES string of the molecule is O=C(O)C1CCN(C(=O)CCn2cnc3ccc(Br)cc3c2=O)C1. The first-order valence-corrected chi connectivity index (χ1v) is 8.40. The molecule has 1 N–H and O–H groups in total. The number of hydrogen-bond donors (Lipinski definition) is 1. The normalized spacial score (nSPS) is 17.4. The molecular weight excluding hydrogens is 378 g/mol. The van der Waals surface area contributed by atoms with Gasteiger partial charge in [0.15, 0.2) is 0 Å². The van der Waals surface area contributed by atoms with Gasteiger partial charge >= 0.3 is 5.97 Å². The summed E-state index contributed by atoms with van der Waals surface area (Å²) in [4.78, 5) is 41.4. The molecule has 1 atom stereocenters. The Morgan fingerprint density at radius 2 is 2.17 bits per heavy atom. The van der Waals surface area contributed by atoms with Crippen LogP contribution in [0.25, 0.3) is 10.9 Å². The lowest BCUT2D eigenvalue weighted by Crippen LogP contribution is -2.31. The molecule has 2 aromatic rings. The van der Waals surface area contributed by atoms with Crippen molar-refractivity contribution in [1.82, 2.24) is 14.5 Å². The quantitative estimate of drug-likeness (QED) is 0.848. The summed E-state index contributed by atoms with van der Waals surface area (Å²) in [6, 6.07) is 5.28. The van der Waals surface area contributed by atoms with Crippen LogP contribution in [0.1, 0.15) is 12.8 Å². The van der Waals surface area contributed by atoms with Crippen molar-refractivity contribution in [2.24, 2.45) is 5.92 Å². The largest absolute Gasteiger partial charge is 0.481 e. The van der Waals surface area contributed by atoms with Crippen LogP contribution < -0.4 is 5.56 Å². The van der Waals surface area contributed by atoms with E-state index >= 15 is 0 Å². The minimum atomic E-state index is -0.870. The van der Waals surface area contributed by atoms with Crippen molar-refractivity contribution >= 4 is 38.7 Å². The molecule has 7 nitrogen and oxygen atoms in total. The van der Waals surface area contributed by atoms with Crippen LogP contribution in [-0.4, -0.2) is 44.5 Å². The molecule has 24 heavy (non-hydrogen) atoms. The molecule has 1 amide bonds. The number of halogens is 1. The molecule has 1 unspecified atom stereocenters. The first-order chi connectivity index (χ1) is 11.5. The first kappa shape index (κ1) is 16.6. The van der Waals surface area contributed by atoms with Crippen LogP contribution in [0, 0.1) is 5.92 Å². The molecule has 0 saturated carbocycles. The second-order valence-electron chi connectivity index (χ2n) is 5.82. The van der Waals surface area contributed by atoms with Crippen LogP contribution in [0.4, 0.5) is 0 Å². The summed E-state index contributed by atoms with van der Waals surface area (Å²) in [6.45, 7) is 0.918.